The number of furan rings is 1. The summed E-state index contributed by atoms with van der Waals surface area (Å²) >= 11 is 0. The van der Waals surface area contributed by atoms with Crippen molar-refractivity contribution in [3.8, 4) is 11.4 Å². The van der Waals surface area contributed by atoms with Crippen LogP contribution in [0.25, 0.3) is 11.4 Å². The van der Waals surface area contributed by atoms with Crippen LogP contribution in [0.15, 0.2) is 80.8 Å². The largest absolute Gasteiger partial charge is 0.459 e. The van der Waals surface area contributed by atoms with Gasteiger partial charge in [0.25, 0.3) is 15.9 Å². The fourth-order valence-electron chi connectivity index (χ4n) is 2.71. The summed E-state index contributed by atoms with van der Waals surface area (Å²) < 4.78 is 37.7. The molecule has 2 aromatic carbocycles. The molecule has 0 bridgehead atoms. The summed E-state index contributed by atoms with van der Waals surface area (Å²) in [6.45, 7) is 1.93. The van der Waals surface area contributed by atoms with Gasteiger partial charge in [-0.15, -0.1) is 0 Å². The zero-order chi connectivity index (χ0) is 21.8. The average Bonchev–Trinajstić information content (AvgIpc) is 3.45. The van der Waals surface area contributed by atoms with Crippen molar-refractivity contribution < 1.29 is 22.2 Å². The van der Waals surface area contributed by atoms with Gasteiger partial charge in [0.15, 0.2) is 5.76 Å². The number of carbonyl (C=O) groups is 1. The van der Waals surface area contributed by atoms with Crippen LogP contribution in [0, 0.1) is 6.92 Å². The topological polar surface area (TPSA) is 127 Å². The third-order valence-corrected chi connectivity index (χ3v) is 5.74. The summed E-state index contributed by atoms with van der Waals surface area (Å²) in [5, 5.41) is 6.50. The highest BCUT2D eigenvalue weighted by Crippen LogP contribution is 2.21. The predicted molar refractivity (Wildman–Crippen MR) is 112 cm³/mol. The molecule has 158 valence electrons. The lowest BCUT2D eigenvalue weighted by molar-refractivity contribution is 0.0918. The number of amides is 1. The molecular weight excluding hydrogens is 420 g/mol. The van der Waals surface area contributed by atoms with E-state index in [0.717, 1.165) is 5.56 Å². The van der Waals surface area contributed by atoms with Crippen molar-refractivity contribution in [2.24, 2.45) is 0 Å². The van der Waals surface area contributed by atoms with Gasteiger partial charge in [-0.2, -0.15) is 4.98 Å². The van der Waals surface area contributed by atoms with E-state index in [-0.39, 0.29) is 23.1 Å². The van der Waals surface area contributed by atoms with Gasteiger partial charge < -0.3 is 14.3 Å². The maximum atomic E-state index is 12.5. The monoisotopic (exact) mass is 438 g/mol. The second-order valence-electron chi connectivity index (χ2n) is 6.67. The predicted octanol–water partition coefficient (Wildman–Crippen LogP) is 3.37. The van der Waals surface area contributed by atoms with Crippen LogP contribution in [-0.4, -0.2) is 24.5 Å². The molecule has 4 aromatic rings. The molecule has 2 heterocycles. The standard InChI is InChI=1S/C21H18N4O5S/c1-14-4-10-17(11-5-14)31(27,28)25-16-8-6-15(7-9-16)20-23-19(30-24-20)13-22-21(26)18-3-2-12-29-18/h2-12,25H,13H2,1H3,(H,22,26). The molecule has 10 heteroatoms. The van der Waals surface area contributed by atoms with Crippen molar-refractivity contribution in [1.29, 1.82) is 0 Å². The van der Waals surface area contributed by atoms with Gasteiger partial charge in [-0.05, 0) is 55.5 Å². The smallest absolute Gasteiger partial charge is 0.287 e. The third-order valence-electron chi connectivity index (χ3n) is 4.34. The molecule has 0 atom stereocenters. The number of benzene rings is 2. The van der Waals surface area contributed by atoms with Gasteiger partial charge in [0.2, 0.25) is 11.7 Å². The molecule has 0 fully saturated rings. The highest BCUT2D eigenvalue weighted by atomic mass is 32.2. The van der Waals surface area contributed by atoms with E-state index in [1.54, 1.807) is 60.7 Å². The number of nitrogens with one attached hydrogen (secondary N) is 2. The number of anilines is 1. The Morgan fingerprint density at radius 1 is 1.03 bits per heavy atom. The van der Waals surface area contributed by atoms with Gasteiger partial charge in [0.05, 0.1) is 17.7 Å². The Morgan fingerprint density at radius 2 is 1.77 bits per heavy atom. The molecule has 0 radical (unpaired) electrons. The number of carbonyl (C=O) groups excluding carboxylic acids is 1. The number of nitrogens with zero attached hydrogens (tertiary/aromatic N) is 2. The van der Waals surface area contributed by atoms with Crippen molar-refractivity contribution in [2.75, 3.05) is 4.72 Å². The first kappa shape index (κ1) is 20.4. The second-order valence-corrected chi connectivity index (χ2v) is 8.35. The van der Waals surface area contributed by atoms with Crippen molar-refractivity contribution >= 4 is 21.6 Å². The van der Waals surface area contributed by atoms with Crippen molar-refractivity contribution in [3.05, 3.63) is 84.1 Å². The quantitative estimate of drug-likeness (QED) is 0.453. The molecule has 1 amide bonds. The number of aromatic nitrogens is 2. The molecule has 0 unspecified atom stereocenters. The summed E-state index contributed by atoms with van der Waals surface area (Å²) in [4.78, 5) is 16.3. The van der Waals surface area contributed by atoms with E-state index in [0.29, 0.717) is 17.1 Å². The van der Waals surface area contributed by atoms with Gasteiger partial charge >= 0.3 is 0 Å². The maximum Gasteiger partial charge on any atom is 0.287 e. The first-order chi connectivity index (χ1) is 14.9. The molecule has 2 N–H and O–H groups in total. The van der Waals surface area contributed by atoms with Gasteiger partial charge in [-0.3, -0.25) is 9.52 Å². The lowest BCUT2D eigenvalue weighted by Gasteiger charge is -2.08. The lowest BCUT2D eigenvalue weighted by atomic mass is 10.2. The summed E-state index contributed by atoms with van der Waals surface area (Å²) in [5.41, 5.74) is 2.01. The zero-order valence-corrected chi connectivity index (χ0v) is 17.2. The Hall–Kier alpha value is -3.92. The molecule has 4 rings (SSSR count). The zero-order valence-electron chi connectivity index (χ0n) is 16.4. The molecule has 31 heavy (non-hydrogen) atoms. The first-order valence-electron chi connectivity index (χ1n) is 9.25. The van der Waals surface area contributed by atoms with Crippen LogP contribution >= 0.6 is 0 Å². The summed E-state index contributed by atoms with van der Waals surface area (Å²) in [6.07, 6.45) is 1.41. The molecule has 0 aliphatic heterocycles. The van der Waals surface area contributed by atoms with Crippen LogP contribution in [0.3, 0.4) is 0 Å². The van der Waals surface area contributed by atoms with E-state index in [1.807, 2.05) is 6.92 Å². The SMILES string of the molecule is Cc1ccc(S(=O)(=O)Nc2ccc(-c3noc(CNC(=O)c4ccco4)n3)cc2)cc1. The lowest BCUT2D eigenvalue weighted by Crippen LogP contribution is -2.22. The Balaban J connectivity index is 1.40. The minimum Gasteiger partial charge on any atom is -0.459 e. The number of sulfonamides is 1. The van der Waals surface area contributed by atoms with Crippen molar-refractivity contribution in [1.82, 2.24) is 15.5 Å². The molecule has 9 nitrogen and oxygen atoms in total. The molecule has 0 saturated carbocycles. The highest BCUT2D eigenvalue weighted by molar-refractivity contribution is 7.92. The van der Waals surface area contributed by atoms with Crippen molar-refractivity contribution in [2.45, 2.75) is 18.4 Å². The van der Waals surface area contributed by atoms with Crippen LogP contribution in [0.1, 0.15) is 22.0 Å². The van der Waals surface area contributed by atoms with E-state index in [4.69, 9.17) is 8.94 Å². The third kappa shape index (κ3) is 4.81. The normalized spacial score (nSPS) is 11.3. The van der Waals surface area contributed by atoms with E-state index in [9.17, 15) is 13.2 Å². The van der Waals surface area contributed by atoms with Gasteiger partial charge in [-0.25, -0.2) is 8.42 Å². The molecule has 2 aromatic heterocycles. The minimum atomic E-state index is -3.69. The Labute approximate surface area is 178 Å². The fraction of sp³-hybridized carbons (Fsp3) is 0.0952. The Bertz CT molecular complexity index is 1280. The van der Waals surface area contributed by atoms with Gasteiger partial charge in [-0.1, -0.05) is 22.9 Å². The molecule has 0 aliphatic carbocycles. The average molecular weight is 438 g/mol. The first-order valence-corrected chi connectivity index (χ1v) is 10.7. The molecule has 0 spiro atoms. The number of hydrogen-bond acceptors (Lipinski definition) is 7. The van der Waals surface area contributed by atoms with Crippen LogP contribution < -0.4 is 10.0 Å². The second kappa shape index (κ2) is 8.44. The Morgan fingerprint density at radius 3 is 2.45 bits per heavy atom. The van der Waals surface area contributed by atoms with Gasteiger partial charge in [0.1, 0.15) is 0 Å². The van der Waals surface area contributed by atoms with Crippen LogP contribution in [0.2, 0.25) is 0 Å². The van der Waals surface area contributed by atoms with Gasteiger partial charge in [0, 0.05) is 11.3 Å². The number of aryl methyl sites for hydroxylation is 1. The van der Waals surface area contributed by atoms with Crippen molar-refractivity contribution in [3.63, 3.8) is 0 Å². The summed E-state index contributed by atoms with van der Waals surface area (Å²) in [5.74, 6) is 0.327. The fourth-order valence-corrected chi connectivity index (χ4v) is 3.77. The number of hydrogen-bond donors (Lipinski definition) is 2. The molecule has 0 aliphatic rings. The highest BCUT2D eigenvalue weighted by Gasteiger charge is 2.15. The van der Waals surface area contributed by atoms with Crippen LogP contribution in [0.5, 0.6) is 0 Å². The molecule has 0 saturated heterocycles. The summed E-state index contributed by atoms with van der Waals surface area (Å²) in [6, 6.07) is 16.3. The summed E-state index contributed by atoms with van der Waals surface area (Å²) in [7, 11) is -3.69. The molecular formula is C21H18N4O5S. The Kier molecular flexibility index (Phi) is 5.54. The van der Waals surface area contributed by atoms with Crippen LogP contribution in [0.4, 0.5) is 5.69 Å². The van der Waals surface area contributed by atoms with Crippen LogP contribution in [-0.2, 0) is 16.6 Å². The number of rotatable bonds is 7. The van der Waals surface area contributed by atoms with E-state index in [2.05, 4.69) is 20.2 Å². The van der Waals surface area contributed by atoms with E-state index >= 15 is 0 Å². The van der Waals surface area contributed by atoms with E-state index in [1.165, 1.54) is 6.26 Å². The maximum absolute atomic E-state index is 12.5. The minimum absolute atomic E-state index is 0.0426. The van der Waals surface area contributed by atoms with E-state index < -0.39 is 15.9 Å².